The average Bonchev–Trinajstić information content (AvgIpc) is 2.68. The molecular formula is C19H21F3N2O3S. The Bertz CT molecular complexity index is 896. The van der Waals surface area contributed by atoms with Gasteiger partial charge in [0.25, 0.3) is 0 Å². The summed E-state index contributed by atoms with van der Waals surface area (Å²) in [7, 11) is -4.26. The van der Waals surface area contributed by atoms with E-state index in [4.69, 9.17) is 0 Å². The minimum absolute atomic E-state index is 0.0655. The summed E-state index contributed by atoms with van der Waals surface area (Å²) in [6.45, 7) is 1.12. The Balaban J connectivity index is 1.68. The first-order chi connectivity index (χ1) is 13.2. The fraction of sp³-hybridized carbons (Fsp3) is 0.368. The molecule has 0 bridgehead atoms. The first-order valence-electron chi connectivity index (χ1n) is 8.81. The van der Waals surface area contributed by atoms with Gasteiger partial charge in [-0.2, -0.15) is 17.5 Å². The van der Waals surface area contributed by atoms with Gasteiger partial charge in [0.2, 0.25) is 10.0 Å². The molecule has 2 aromatic carbocycles. The quantitative estimate of drug-likeness (QED) is 0.818. The molecule has 0 radical (unpaired) electrons. The monoisotopic (exact) mass is 414 g/mol. The van der Waals surface area contributed by atoms with Crippen molar-refractivity contribution in [2.75, 3.05) is 32.7 Å². The minimum atomic E-state index is -4.74. The summed E-state index contributed by atoms with van der Waals surface area (Å²) < 4.78 is 66.2. The highest BCUT2D eigenvalue weighted by Gasteiger charge is 2.39. The summed E-state index contributed by atoms with van der Waals surface area (Å²) in [5.41, 5.74) is -0.395. The van der Waals surface area contributed by atoms with Gasteiger partial charge in [-0.1, -0.05) is 42.5 Å². The molecule has 0 spiro atoms. The van der Waals surface area contributed by atoms with Crippen molar-refractivity contribution in [3.8, 4) is 0 Å². The Hall–Kier alpha value is -1.94. The molecule has 5 nitrogen and oxygen atoms in total. The molecule has 1 N–H and O–H groups in total. The fourth-order valence-electron chi connectivity index (χ4n) is 3.24. The molecule has 2 aromatic rings. The number of sulfonamides is 1. The van der Waals surface area contributed by atoms with E-state index in [2.05, 4.69) is 0 Å². The van der Waals surface area contributed by atoms with Crippen LogP contribution in [-0.2, 0) is 16.2 Å². The molecule has 1 atom stereocenters. The van der Waals surface area contributed by atoms with Crippen LogP contribution in [0.25, 0.3) is 0 Å². The second-order valence-corrected chi connectivity index (χ2v) is 8.53. The third kappa shape index (κ3) is 4.54. The van der Waals surface area contributed by atoms with Crippen LogP contribution >= 0.6 is 0 Å². The van der Waals surface area contributed by atoms with Crippen molar-refractivity contribution in [2.24, 2.45) is 0 Å². The van der Waals surface area contributed by atoms with Crippen molar-refractivity contribution in [1.82, 2.24) is 9.21 Å². The third-order valence-corrected chi connectivity index (χ3v) is 6.71. The highest BCUT2D eigenvalue weighted by Crippen LogP contribution is 2.35. The molecular weight excluding hydrogens is 393 g/mol. The van der Waals surface area contributed by atoms with Gasteiger partial charge < -0.3 is 5.11 Å². The summed E-state index contributed by atoms with van der Waals surface area (Å²) in [5.74, 6) is 0. The number of nitrogens with zero attached hydrogens (tertiary/aromatic N) is 2. The third-order valence-electron chi connectivity index (χ3n) is 4.76. The Labute approximate surface area is 162 Å². The lowest BCUT2D eigenvalue weighted by molar-refractivity contribution is -0.139. The number of hydrogen-bond acceptors (Lipinski definition) is 4. The number of hydrogen-bond donors (Lipinski definition) is 1. The van der Waals surface area contributed by atoms with Crippen LogP contribution in [0.3, 0.4) is 0 Å². The van der Waals surface area contributed by atoms with Gasteiger partial charge in [0.1, 0.15) is 0 Å². The van der Waals surface area contributed by atoms with Gasteiger partial charge in [0, 0.05) is 32.7 Å². The number of piperazine rings is 1. The van der Waals surface area contributed by atoms with E-state index >= 15 is 0 Å². The molecule has 0 saturated carbocycles. The maximum atomic E-state index is 13.2. The zero-order valence-corrected chi connectivity index (χ0v) is 15.8. The predicted molar refractivity (Wildman–Crippen MR) is 98.0 cm³/mol. The van der Waals surface area contributed by atoms with Crippen molar-refractivity contribution in [3.63, 3.8) is 0 Å². The summed E-state index contributed by atoms with van der Waals surface area (Å²) in [5, 5.41) is 10.3. The molecule has 1 saturated heterocycles. The van der Waals surface area contributed by atoms with E-state index in [-0.39, 0.29) is 13.1 Å². The summed E-state index contributed by atoms with van der Waals surface area (Å²) in [4.78, 5) is 1.18. The second kappa shape index (κ2) is 8.20. The van der Waals surface area contributed by atoms with Crippen LogP contribution in [0, 0.1) is 0 Å². The number of alkyl halides is 3. The zero-order chi connectivity index (χ0) is 20.4. The lowest BCUT2D eigenvalue weighted by Gasteiger charge is -2.35. The van der Waals surface area contributed by atoms with Crippen LogP contribution in [0.4, 0.5) is 13.2 Å². The summed E-state index contributed by atoms with van der Waals surface area (Å²) >= 11 is 0. The number of benzene rings is 2. The van der Waals surface area contributed by atoms with E-state index in [9.17, 15) is 26.7 Å². The first kappa shape index (κ1) is 20.8. The Morgan fingerprint density at radius 2 is 1.50 bits per heavy atom. The van der Waals surface area contributed by atoms with E-state index < -0.39 is 32.8 Å². The Morgan fingerprint density at radius 3 is 2.11 bits per heavy atom. The van der Waals surface area contributed by atoms with E-state index in [1.165, 1.54) is 12.1 Å². The number of β-amino-alcohol motifs (C(OH)–C–C–N with tert-alkyl or cyclic N) is 1. The number of aliphatic hydroxyl groups excluding tert-OH is 1. The predicted octanol–water partition coefficient (Wildman–Crippen LogP) is 2.75. The van der Waals surface area contributed by atoms with E-state index in [0.29, 0.717) is 19.6 Å². The maximum absolute atomic E-state index is 13.2. The van der Waals surface area contributed by atoms with Gasteiger partial charge in [-0.25, -0.2) is 8.42 Å². The molecule has 0 aliphatic carbocycles. The molecule has 3 rings (SSSR count). The number of halogens is 3. The zero-order valence-electron chi connectivity index (χ0n) is 15.0. The van der Waals surface area contributed by atoms with Crippen molar-refractivity contribution < 1.29 is 26.7 Å². The van der Waals surface area contributed by atoms with E-state index in [1.54, 1.807) is 12.1 Å². The second-order valence-electron chi connectivity index (χ2n) is 6.63. The van der Waals surface area contributed by atoms with Crippen LogP contribution in [0.1, 0.15) is 17.2 Å². The van der Waals surface area contributed by atoms with Gasteiger partial charge in [0.15, 0.2) is 0 Å². The normalized spacial score (nSPS) is 18.1. The van der Waals surface area contributed by atoms with Crippen LogP contribution in [-0.4, -0.2) is 55.5 Å². The molecule has 9 heteroatoms. The molecule has 28 heavy (non-hydrogen) atoms. The molecule has 152 valence electrons. The average molecular weight is 414 g/mol. The lowest BCUT2D eigenvalue weighted by atomic mass is 10.1. The largest absolute Gasteiger partial charge is 0.417 e. The molecule has 1 aliphatic heterocycles. The molecule has 1 aliphatic rings. The standard InChI is InChI=1S/C19H21F3N2O3S/c20-19(21,22)16-8-4-5-9-18(16)28(26,27)24-12-10-23(11-13-24)14-17(25)15-6-2-1-3-7-15/h1-9,17,25H,10-14H2/t17-/m0/s1. The molecule has 0 amide bonds. The van der Waals surface area contributed by atoms with Crippen molar-refractivity contribution in [2.45, 2.75) is 17.2 Å². The molecule has 0 aromatic heterocycles. The van der Waals surface area contributed by atoms with Crippen molar-refractivity contribution in [3.05, 3.63) is 65.7 Å². The van der Waals surface area contributed by atoms with Crippen LogP contribution in [0.2, 0.25) is 0 Å². The van der Waals surface area contributed by atoms with Crippen molar-refractivity contribution in [1.29, 1.82) is 0 Å². The summed E-state index contributed by atoms with van der Waals surface area (Å²) in [6.07, 6.45) is -5.46. The number of rotatable bonds is 5. The molecule has 1 fully saturated rings. The van der Waals surface area contributed by atoms with Gasteiger partial charge in [-0.3, -0.25) is 4.90 Å². The topological polar surface area (TPSA) is 60.9 Å². The Morgan fingerprint density at radius 1 is 0.929 bits per heavy atom. The first-order valence-corrected chi connectivity index (χ1v) is 10.3. The van der Waals surface area contributed by atoms with Crippen molar-refractivity contribution >= 4 is 10.0 Å². The van der Waals surface area contributed by atoms with E-state index in [1.807, 2.05) is 23.1 Å². The number of aliphatic hydroxyl groups is 1. The van der Waals surface area contributed by atoms with Crippen LogP contribution in [0.15, 0.2) is 59.5 Å². The Kier molecular flexibility index (Phi) is 6.09. The van der Waals surface area contributed by atoms with Crippen LogP contribution in [0.5, 0.6) is 0 Å². The summed E-state index contributed by atoms with van der Waals surface area (Å²) in [6, 6.07) is 13.3. The van der Waals surface area contributed by atoms with Gasteiger partial charge >= 0.3 is 6.18 Å². The highest BCUT2D eigenvalue weighted by atomic mass is 32.2. The molecule has 0 unspecified atom stereocenters. The lowest BCUT2D eigenvalue weighted by Crippen LogP contribution is -2.49. The van der Waals surface area contributed by atoms with Gasteiger partial charge in [-0.15, -0.1) is 0 Å². The van der Waals surface area contributed by atoms with Gasteiger partial charge in [0.05, 0.1) is 16.6 Å². The highest BCUT2D eigenvalue weighted by molar-refractivity contribution is 7.89. The minimum Gasteiger partial charge on any atom is -0.387 e. The smallest absolute Gasteiger partial charge is 0.387 e. The fourth-order valence-corrected chi connectivity index (χ4v) is 4.88. The SMILES string of the molecule is O=S(=O)(c1ccccc1C(F)(F)F)N1CCN(C[C@H](O)c2ccccc2)CC1. The van der Waals surface area contributed by atoms with E-state index in [0.717, 1.165) is 22.0 Å². The molecule has 1 heterocycles. The van der Waals surface area contributed by atoms with Crippen LogP contribution < -0.4 is 0 Å². The van der Waals surface area contributed by atoms with Gasteiger partial charge in [-0.05, 0) is 17.7 Å². The maximum Gasteiger partial charge on any atom is 0.417 e.